The quantitative estimate of drug-likeness (QED) is 0.667. The van der Waals surface area contributed by atoms with E-state index in [0.29, 0.717) is 12.8 Å². The lowest BCUT2D eigenvalue weighted by molar-refractivity contribution is -0.137. The molecule has 0 bridgehead atoms. The lowest BCUT2D eigenvalue weighted by atomic mass is 9.84. The zero-order valence-corrected chi connectivity index (χ0v) is 11.0. The van der Waals surface area contributed by atoms with Gasteiger partial charge in [-0.15, -0.1) is 0 Å². The summed E-state index contributed by atoms with van der Waals surface area (Å²) in [7, 11) is 0. The van der Waals surface area contributed by atoms with Crippen LogP contribution < -0.4 is 11.1 Å². The molecule has 1 aliphatic carbocycles. The fourth-order valence-corrected chi connectivity index (χ4v) is 2.47. The third kappa shape index (κ3) is 5.04. The molecule has 4 N–H and O–H groups in total. The zero-order chi connectivity index (χ0) is 13.5. The highest BCUT2D eigenvalue weighted by Gasteiger charge is 2.28. The van der Waals surface area contributed by atoms with E-state index in [1.54, 1.807) is 0 Å². The number of nitrogens with two attached hydrogens (primary N) is 1. The molecule has 5 heteroatoms. The van der Waals surface area contributed by atoms with Gasteiger partial charge in [0.05, 0.1) is 5.92 Å². The van der Waals surface area contributed by atoms with Gasteiger partial charge in [0.15, 0.2) is 0 Å². The van der Waals surface area contributed by atoms with E-state index in [2.05, 4.69) is 5.32 Å². The van der Waals surface area contributed by atoms with Gasteiger partial charge in [-0.2, -0.15) is 0 Å². The Morgan fingerprint density at radius 1 is 1.39 bits per heavy atom. The summed E-state index contributed by atoms with van der Waals surface area (Å²) in [4.78, 5) is 22.4. The molecule has 1 fully saturated rings. The Balaban J connectivity index is 2.27. The Morgan fingerprint density at radius 2 is 2.06 bits per heavy atom. The number of carboxylic acid groups (broad SMARTS) is 1. The molecule has 1 rings (SSSR count). The van der Waals surface area contributed by atoms with Gasteiger partial charge in [-0.25, -0.2) is 0 Å². The number of aliphatic carboxylic acids is 1. The monoisotopic (exact) mass is 256 g/mol. The second-order valence-corrected chi connectivity index (χ2v) is 5.25. The first kappa shape index (κ1) is 15.0. The van der Waals surface area contributed by atoms with Crippen molar-refractivity contribution >= 4 is 11.9 Å². The lowest BCUT2D eigenvalue weighted by Crippen LogP contribution is -2.46. The molecule has 3 unspecified atom stereocenters. The third-order valence-corrected chi connectivity index (χ3v) is 3.57. The van der Waals surface area contributed by atoms with E-state index in [4.69, 9.17) is 10.8 Å². The molecule has 1 amide bonds. The summed E-state index contributed by atoms with van der Waals surface area (Å²) in [5.74, 6) is -0.825. The van der Waals surface area contributed by atoms with Crippen LogP contribution in [0, 0.1) is 5.92 Å². The van der Waals surface area contributed by atoms with Crippen LogP contribution in [0.2, 0.25) is 0 Å². The number of rotatable bonds is 6. The molecule has 104 valence electrons. The van der Waals surface area contributed by atoms with Gasteiger partial charge in [0.2, 0.25) is 5.91 Å². The van der Waals surface area contributed by atoms with Crippen molar-refractivity contribution in [1.82, 2.24) is 5.32 Å². The Kier molecular flexibility index (Phi) is 6.12. The van der Waals surface area contributed by atoms with Crippen LogP contribution >= 0.6 is 0 Å². The fourth-order valence-electron chi connectivity index (χ4n) is 2.47. The van der Waals surface area contributed by atoms with Crippen LogP contribution in [0.5, 0.6) is 0 Å². The number of carbonyl (C=O) groups excluding carboxylic acids is 1. The Morgan fingerprint density at radius 3 is 2.67 bits per heavy atom. The van der Waals surface area contributed by atoms with Crippen molar-refractivity contribution in [3.8, 4) is 0 Å². The highest BCUT2D eigenvalue weighted by Crippen LogP contribution is 2.23. The van der Waals surface area contributed by atoms with Gasteiger partial charge in [0.1, 0.15) is 0 Å². The van der Waals surface area contributed by atoms with E-state index < -0.39 is 5.97 Å². The molecule has 0 aliphatic heterocycles. The van der Waals surface area contributed by atoms with Gasteiger partial charge < -0.3 is 16.2 Å². The summed E-state index contributed by atoms with van der Waals surface area (Å²) in [6.45, 7) is 1.91. The number of hydrogen-bond donors (Lipinski definition) is 3. The van der Waals surface area contributed by atoms with Gasteiger partial charge in [-0.05, 0) is 32.6 Å². The van der Waals surface area contributed by atoms with Crippen LogP contribution in [0.15, 0.2) is 0 Å². The normalized spacial score (nSPS) is 25.4. The van der Waals surface area contributed by atoms with Crippen molar-refractivity contribution in [1.29, 1.82) is 0 Å². The highest BCUT2D eigenvalue weighted by molar-refractivity contribution is 5.79. The maximum absolute atomic E-state index is 12.0. The van der Waals surface area contributed by atoms with Gasteiger partial charge in [-0.3, -0.25) is 9.59 Å². The van der Waals surface area contributed by atoms with E-state index in [-0.39, 0.29) is 30.3 Å². The molecule has 0 aromatic heterocycles. The van der Waals surface area contributed by atoms with Crippen molar-refractivity contribution in [2.75, 3.05) is 0 Å². The highest BCUT2D eigenvalue weighted by atomic mass is 16.4. The first-order valence-corrected chi connectivity index (χ1v) is 6.78. The molecule has 0 radical (unpaired) electrons. The van der Waals surface area contributed by atoms with Crippen molar-refractivity contribution in [3.05, 3.63) is 0 Å². The van der Waals surface area contributed by atoms with Gasteiger partial charge in [0, 0.05) is 18.5 Å². The molecule has 0 saturated heterocycles. The van der Waals surface area contributed by atoms with E-state index in [9.17, 15) is 9.59 Å². The summed E-state index contributed by atoms with van der Waals surface area (Å²) in [5.41, 5.74) is 5.96. The molecular formula is C13H24N2O3. The summed E-state index contributed by atoms with van der Waals surface area (Å²) in [5, 5.41) is 11.5. The molecule has 3 atom stereocenters. The van der Waals surface area contributed by atoms with Gasteiger partial charge in [-0.1, -0.05) is 12.8 Å². The molecule has 1 aliphatic rings. The van der Waals surface area contributed by atoms with Crippen molar-refractivity contribution in [2.45, 2.75) is 64.0 Å². The number of carboxylic acids is 1. The Bertz CT molecular complexity index is 294. The maximum Gasteiger partial charge on any atom is 0.303 e. The van der Waals surface area contributed by atoms with E-state index >= 15 is 0 Å². The van der Waals surface area contributed by atoms with Crippen LogP contribution in [-0.4, -0.2) is 29.1 Å². The predicted molar refractivity (Wildman–Crippen MR) is 69.0 cm³/mol. The average Bonchev–Trinajstić information content (AvgIpc) is 2.28. The van der Waals surface area contributed by atoms with Crippen LogP contribution in [0.25, 0.3) is 0 Å². The molecule has 5 nitrogen and oxygen atoms in total. The molecule has 0 heterocycles. The summed E-state index contributed by atoms with van der Waals surface area (Å²) in [6, 6.07) is -0.00375. The standard InChI is InChI=1S/C13H24N2O3/c1-9(5-4-8-12(16)17)15-13(18)10-6-2-3-7-11(10)14/h9-11H,2-8,14H2,1H3,(H,15,18)(H,16,17). The second kappa shape index (κ2) is 7.36. The smallest absolute Gasteiger partial charge is 0.303 e. The van der Waals surface area contributed by atoms with Gasteiger partial charge in [0.25, 0.3) is 0 Å². The minimum atomic E-state index is -0.789. The van der Waals surface area contributed by atoms with E-state index in [1.165, 1.54) is 0 Å². The SMILES string of the molecule is CC(CCCC(=O)O)NC(=O)C1CCCCC1N. The first-order chi connectivity index (χ1) is 8.50. The molecule has 0 aromatic carbocycles. The Labute approximate surface area is 108 Å². The van der Waals surface area contributed by atoms with E-state index in [1.807, 2.05) is 6.92 Å². The molecular weight excluding hydrogens is 232 g/mol. The van der Waals surface area contributed by atoms with Crippen LogP contribution in [0.1, 0.15) is 51.9 Å². The van der Waals surface area contributed by atoms with Crippen molar-refractivity contribution in [3.63, 3.8) is 0 Å². The summed E-state index contributed by atoms with van der Waals surface area (Å²) < 4.78 is 0. The summed E-state index contributed by atoms with van der Waals surface area (Å²) >= 11 is 0. The largest absolute Gasteiger partial charge is 0.481 e. The minimum Gasteiger partial charge on any atom is -0.481 e. The average molecular weight is 256 g/mol. The zero-order valence-electron chi connectivity index (χ0n) is 11.0. The second-order valence-electron chi connectivity index (χ2n) is 5.25. The molecule has 0 aromatic rings. The van der Waals surface area contributed by atoms with E-state index in [0.717, 1.165) is 25.7 Å². The number of amides is 1. The molecule has 1 saturated carbocycles. The van der Waals surface area contributed by atoms with Gasteiger partial charge >= 0.3 is 5.97 Å². The van der Waals surface area contributed by atoms with Crippen molar-refractivity contribution in [2.24, 2.45) is 11.7 Å². The number of hydrogen-bond acceptors (Lipinski definition) is 3. The van der Waals surface area contributed by atoms with Crippen LogP contribution in [0.4, 0.5) is 0 Å². The maximum atomic E-state index is 12.0. The lowest BCUT2D eigenvalue weighted by Gasteiger charge is -2.28. The minimum absolute atomic E-state index is 0.0194. The molecule has 18 heavy (non-hydrogen) atoms. The number of nitrogens with one attached hydrogen (secondary N) is 1. The first-order valence-electron chi connectivity index (χ1n) is 6.78. The summed E-state index contributed by atoms with van der Waals surface area (Å²) in [6.07, 6.45) is 5.41. The fraction of sp³-hybridized carbons (Fsp3) is 0.846. The number of carbonyl (C=O) groups is 2. The Hall–Kier alpha value is -1.10. The topological polar surface area (TPSA) is 92.4 Å². The third-order valence-electron chi connectivity index (χ3n) is 3.57. The molecule has 0 spiro atoms. The van der Waals surface area contributed by atoms with Crippen molar-refractivity contribution < 1.29 is 14.7 Å². The van der Waals surface area contributed by atoms with Crippen LogP contribution in [-0.2, 0) is 9.59 Å². The predicted octanol–water partition coefficient (Wildman–Crippen LogP) is 1.26. The van der Waals surface area contributed by atoms with Crippen LogP contribution in [0.3, 0.4) is 0 Å².